The van der Waals surface area contributed by atoms with Crippen molar-refractivity contribution in [1.82, 2.24) is 15.5 Å². The minimum atomic E-state index is -0.350. The Labute approximate surface area is 82.8 Å². The fourth-order valence-corrected chi connectivity index (χ4v) is 1.96. The summed E-state index contributed by atoms with van der Waals surface area (Å²) in [4.78, 5) is 24.2. The van der Waals surface area contributed by atoms with E-state index in [1.54, 1.807) is 6.92 Å². The van der Waals surface area contributed by atoms with Gasteiger partial charge in [0.05, 0.1) is 0 Å². The Balaban J connectivity index is 1.96. The van der Waals surface area contributed by atoms with Gasteiger partial charge in [0.1, 0.15) is 6.04 Å². The third-order valence-corrected chi connectivity index (χ3v) is 2.82. The van der Waals surface area contributed by atoms with E-state index in [4.69, 9.17) is 0 Å². The molecular formula is C9H15N3O2. The van der Waals surface area contributed by atoms with Gasteiger partial charge in [0, 0.05) is 6.54 Å². The van der Waals surface area contributed by atoms with Gasteiger partial charge in [0.25, 0.3) is 5.91 Å². The molecule has 2 aliphatic heterocycles. The Hall–Kier alpha value is -1.10. The molecule has 5 nitrogen and oxygen atoms in total. The molecule has 0 saturated carbocycles. The zero-order valence-corrected chi connectivity index (χ0v) is 8.25. The molecule has 0 radical (unpaired) electrons. The maximum absolute atomic E-state index is 11.5. The van der Waals surface area contributed by atoms with Crippen LogP contribution < -0.4 is 10.6 Å². The molecule has 2 N–H and O–H groups in total. The fourth-order valence-electron chi connectivity index (χ4n) is 1.96. The van der Waals surface area contributed by atoms with E-state index in [1.165, 1.54) is 4.90 Å². The summed E-state index contributed by atoms with van der Waals surface area (Å²) in [5.41, 5.74) is 0. The molecule has 0 aromatic heterocycles. The first-order valence-corrected chi connectivity index (χ1v) is 5.01. The highest BCUT2D eigenvalue weighted by Crippen LogP contribution is 2.13. The highest BCUT2D eigenvalue weighted by molar-refractivity contribution is 6.03. The van der Waals surface area contributed by atoms with E-state index in [-0.39, 0.29) is 18.0 Å². The predicted molar refractivity (Wildman–Crippen MR) is 50.7 cm³/mol. The summed E-state index contributed by atoms with van der Waals surface area (Å²) in [7, 11) is 0. The van der Waals surface area contributed by atoms with Crippen LogP contribution in [0.3, 0.4) is 0 Å². The minimum Gasteiger partial charge on any atom is -0.326 e. The van der Waals surface area contributed by atoms with Crippen LogP contribution in [-0.2, 0) is 4.79 Å². The molecule has 14 heavy (non-hydrogen) atoms. The topological polar surface area (TPSA) is 61.4 Å². The van der Waals surface area contributed by atoms with Crippen molar-refractivity contribution in [2.45, 2.75) is 19.4 Å². The van der Waals surface area contributed by atoms with Crippen LogP contribution in [0.25, 0.3) is 0 Å². The molecule has 2 fully saturated rings. The van der Waals surface area contributed by atoms with Gasteiger partial charge in [0.2, 0.25) is 0 Å². The second kappa shape index (κ2) is 3.57. The number of urea groups is 1. The summed E-state index contributed by atoms with van der Waals surface area (Å²) in [5.74, 6) is 0.330. The number of carbonyl (C=O) groups excluding carboxylic acids is 2. The van der Waals surface area contributed by atoms with Crippen molar-refractivity contribution in [3.63, 3.8) is 0 Å². The Morgan fingerprint density at radius 3 is 2.79 bits per heavy atom. The number of nitrogens with one attached hydrogen (secondary N) is 2. The van der Waals surface area contributed by atoms with Gasteiger partial charge < -0.3 is 10.6 Å². The molecule has 2 rings (SSSR count). The van der Waals surface area contributed by atoms with Crippen LogP contribution in [0, 0.1) is 5.92 Å². The van der Waals surface area contributed by atoms with Crippen molar-refractivity contribution >= 4 is 11.9 Å². The first-order chi connectivity index (χ1) is 6.68. The average molecular weight is 197 g/mol. The molecule has 5 heteroatoms. The number of hydrogen-bond donors (Lipinski definition) is 2. The van der Waals surface area contributed by atoms with E-state index in [9.17, 15) is 9.59 Å². The predicted octanol–water partition coefficient (Wildman–Crippen LogP) is -0.464. The lowest BCUT2D eigenvalue weighted by molar-refractivity contribution is -0.127. The number of rotatable bonds is 2. The monoisotopic (exact) mass is 197 g/mol. The quantitative estimate of drug-likeness (QED) is 0.589. The largest absolute Gasteiger partial charge is 0.326 e. The molecule has 2 aliphatic rings. The van der Waals surface area contributed by atoms with Crippen molar-refractivity contribution in [3.05, 3.63) is 0 Å². The molecule has 2 atom stereocenters. The third-order valence-electron chi connectivity index (χ3n) is 2.82. The van der Waals surface area contributed by atoms with Crippen LogP contribution in [0.5, 0.6) is 0 Å². The highest BCUT2D eigenvalue weighted by atomic mass is 16.2. The lowest BCUT2D eigenvalue weighted by Crippen LogP contribution is -2.36. The van der Waals surface area contributed by atoms with Gasteiger partial charge in [-0.15, -0.1) is 0 Å². The van der Waals surface area contributed by atoms with Gasteiger partial charge in [-0.05, 0) is 32.4 Å². The molecule has 78 valence electrons. The van der Waals surface area contributed by atoms with Gasteiger partial charge in [-0.1, -0.05) is 0 Å². The Morgan fingerprint density at radius 2 is 2.29 bits per heavy atom. The normalized spacial score (nSPS) is 32.5. The maximum atomic E-state index is 11.5. The second-order valence-electron chi connectivity index (χ2n) is 3.98. The molecule has 2 unspecified atom stereocenters. The van der Waals surface area contributed by atoms with Crippen LogP contribution in [0.15, 0.2) is 0 Å². The zero-order valence-electron chi connectivity index (χ0n) is 8.25. The van der Waals surface area contributed by atoms with E-state index in [1.807, 2.05) is 0 Å². The van der Waals surface area contributed by atoms with E-state index in [0.717, 1.165) is 19.5 Å². The summed E-state index contributed by atoms with van der Waals surface area (Å²) in [5, 5.41) is 5.83. The van der Waals surface area contributed by atoms with Crippen molar-refractivity contribution in [1.29, 1.82) is 0 Å². The summed E-state index contributed by atoms with van der Waals surface area (Å²) < 4.78 is 0. The molecule has 0 spiro atoms. The Kier molecular flexibility index (Phi) is 2.41. The summed E-state index contributed by atoms with van der Waals surface area (Å²) in [6.07, 6.45) is 1.05. The molecule has 2 heterocycles. The van der Waals surface area contributed by atoms with Crippen molar-refractivity contribution in [2.24, 2.45) is 5.92 Å². The summed E-state index contributed by atoms with van der Waals surface area (Å²) in [6.45, 7) is 4.17. The SMILES string of the molecule is CC1NC(=O)N(CC2CCNC2)C1=O. The molecule has 2 saturated heterocycles. The molecule has 3 amide bonds. The van der Waals surface area contributed by atoms with Crippen LogP contribution >= 0.6 is 0 Å². The van der Waals surface area contributed by atoms with E-state index in [2.05, 4.69) is 10.6 Å². The standard InChI is InChI=1S/C9H15N3O2/c1-6-8(13)12(9(14)11-6)5-7-2-3-10-4-7/h6-7,10H,2-5H2,1H3,(H,11,14). The molecule has 0 aromatic rings. The van der Waals surface area contributed by atoms with E-state index < -0.39 is 0 Å². The number of amides is 3. The van der Waals surface area contributed by atoms with Gasteiger partial charge >= 0.3 is 6.03 Å². The molecular weight excluding hydrogens is 182 g/mol. The third kappa shape index (κ3) is 1.59. The lowest BCUT2D eigenvalue weighted by Gasteiger charge is -2.16. The smallest absolute Gasteiger partial charge is 0.324 e. The van der Waals surface area contributed by atoms with Crippen molar-refractivity contribution in [3.8, 4) is 0 Å². The summed E-state index contributed by atoms with van der Waals surface area (Å²) >= 11 is 0. The van der Waals surface area contributed by atoms with E-state index >= 15 is 0 Å². The molecule has 0 aromatic carbocycles. The second-order valence-corrected chi connectivity index (χ2v) is 3.98. The zero-order chi connectivity index (χ0) is 10.1. The molecule has 0 aliphatic carbocycles. The lowest BCUT2D eigenvalue weighted by atomic mass is 10.1. The van der Waals surface area contributed by atoms with Crippen LogP contribution in [0.1, 0.15) is 13.3 Å². The van der Waals surface area contributed by atoms with Gasteiger partial charge in [-0.3, -0.25) is 9.69 Å². The van der Waals surface area contributed by atoms with Crippen LogP contribution in [0.4, 0.5) is 4.79 Å². The number of hydrogen-bond acceptors (Lipinski definition) is 3. The van der Waals surface area contributed by atoms with E-state index in [0.29, 0.717) is 12.5 Å². The Morgan fingerprint density at radius 1 is 1.50 bits per heavy atom. The van der Waals surface area contributed by atoms with Crippen LogP contribution in [-0.4, -0.2) is 42.5 Å². The number of carbonyl (C=O) groups is 2. The van der Waals surface area contributed by atoms with Crippen molar-refractivity contribution in [2.75, 3.05) is 19.6 Å². The fraction of sp³-hybridized carbons (Fsp3) is 0.778. The van der Waals surface area contributed by atoms with Crippen LogP contribution in [0.2, 0.25) is 0 Å². The first-order valence-electron chi connectivity index (χ1n) is 5.01. The number of nitrogens with zero attached hydrogens (tertiary/aromatic N) is 1. The summed E-state index contributed by atoms with van der Waals surface area (Å²) in [6, 6.07) is -0.591. The van der Waals surface area contributed by atoms with Gasteiger partial charge in [-0.25, -0.2) is 4.79 Å². The van der Waals surface area contributed by atoms with Gasteiger partial charge in [-0.2, -0.15) is 0 Å². The minimum absolute atomic E-state index is 0.0955. The van der Waals surface area contributed by atoms with Gasteiger partial charge in [0.15, 0.2) is 0 Å². The maximum Gasteiger partial charge on any atom is 0.324 e. The average Bonchev–Trinajstić information content (AvgIpc) is 2.71. The van der Waals surface area contributed by atoms with Crippen molar-refractivity contribution < 1.29 is 9.59 Å². The first kappa shape index (κ1) is 9.45. The molecule has 0 bridgehead atoms. The highest BCUT2D eigenvalue weighted by Gasteiger charge is 2.36. The number of imide groups is 1. The Bertz CT molecular complexity index is 261.